The van der Waals surface area contributed by atoms with Crippen LogP contribution >= 0.6 is 0 Å². The fraction of sp³-hybridized carbons (Fsp3) is 0.682. The molecular formula is C22H36N4O. The van der Waals surface area contributed by atoms with Gasteiger partial charge in [0.05, 0.1) is 0 Å². The van der Waals surface area contributed by atoms with Crippen LogP contribution in [0.25, 0.3) is 0 Å². The highest BCUT2D eigenvalue weighted by Crippen LogP contribution is 2.15. The quantitative estimate of drug-likeness (QED) is 0.748. The van der Waals surface area contributed by atoms with Crippen molar-refractivity contribution >= 4 is 6.03 Å². The van der Waals surface area contributed by atoms with Crippen LogP contribution in [0.4, 0.5) is 4.79 Å². The summed E-state index contributed by atoms with van der Waals surface area (Å²) < 4.78 is 0. The molecule has 2 saturated heterocycles. The average molecular weight is 373 g/mol. The lowest BCUT2D eigenvalue weighted by Gasteiger charge is -2.35. The molecule has 0 aliphatic carbocycles. The van der Waals surface area contributed by atoms with Gasteiger partial charge < -0.3 is 15.1 Å². The maximum absolute atomic E-state index is 12.4. The van der Waals surface area contributed by atoms with E-state index < -0.39 is 0 Å². The van der Waals surface area contributed by atoms with E-state index in [-0.39, 0.29) is 6.03 Å². The Balaban J connectivity index is 1.25. The number of carbonyl (C=O) groups excluding carboxylic acids is 1. The third-order valence-corrected chi connectivity index (χ3v) is 6.02. The van der Waals surface area contributed by atoms with Gasteiger partial charge in [-0.25, -0.2) is 4.79 Å². The van der Waals surface area contributed by atoms with Gasteiger partial charge in [0.25, 0.3) is 0 Å². The van der Waals surface area contributed by atoms with Crippen molar-refractivity contribution in [1.82, 2.24) is 20.0 Å². The Hall–Kier alpha value is -1.59. The molecule has 27 heavy (non-hydrogen) atoms. The number of piperazine rings is 1. The number of rotatable bonds is 7. The second-order valence-electron chi connectivity index (χ2n) is 8.17. The van der Waals surface area contributed by atoms with Crippen LogP contribution < -0.4 is 5.32 Å². The maximum Gasteiger partial charge on any atom is 0.317 e. The number of hydrogen-bond acceptors (Lipinski definition) is 3. The monoisotopic (exact) mass is 372 g/mol. The Morgan fingerprint density at radius 1 is 0.963 bits per heavy atom. The van der Waals surface area contributed by atoms with E-state index >= 15 is 0 Å². The summed E-state index contributed by atoms with van der Waals surface area (Å²) in [6.07, 6.45) is 4.78. The average Bonchev–Trinajstić information content (AvgIpc) is 2.72. The Kier molecular flexibility index (Phi) is 7.96. The van der Waals surface area contributed by atoms with Gasteiger partial charge in [0.1, 0.15) is 0 Å². The number of urea groups is 1. The van der Waals surface area contributed by atoms with Gasteiger partial charge in [-0.2, -0.15) is 0 Å². The van der Waals surface area contributed by atoms with Gasteiger partial charge in [-0.1, -0.05) is 37.3 Å². The molecule has 2 amide bonds. The highest BCUT2D eigenvalue weighted by Gasteiger charge is 2.20. The van der Waals surface area contributed by atoms with Crippen LogP contribution in [0.3, 0.4) is 0 Å². The topological polar surface area (TPSA) is 38.8 Å². The highest BCUT2D eigenvalue weighted by molar-refractivity contribution is 5.74. The molecule has 0 atom stereocenters. The van der Waals surface area contributed by atoms with Crippen LogP contribution in [0.15, 0.2) is 30.3 Å². The van der Waals surface area contributed by atoms with Crippen LogP contribution in [-0.2, 0) is 6.42 Å². The maximum atomic E-state index is 12.4. The highest BCUT2D eigenvalue weighted by atomic mass is 16.2. The molecule has 0 radical (unpaired) electrons. The van der Waals surface area contributed by atoms with Gasteiger partial charge in [0.2, 0.25) is 0 Å². The second-order valence-corrected chi connectivity index (χ2v) is 8.17. The van der Waals surface area contributed by atoms with Gasteiger partial charge in [0.15, 0.2) is 0 Å². The van der Waals surface area contributed by atoms with Gasteiger partial charge >= 0.3 is 6.03 Å². The summed E-state index contributed by atoms with van der Waals surface area (Å²) in [4.78, 5) is 19.3. The molecule has 2 heterocycles. The van der Waals surface area contributed by atoms with E-state index in [9.17, 15) is 4.79 Å². The molecule has 1 aromatic rings. The second kappa shape index (κ2) is 10.7. The van der Waals surface area contributed by atoms with E-state index in [2.05, 4.69) is 52.4 Å². The van der Waals surface area contributed by atoms with Gasteiger partial charge in [-0.3, -0.25) is 4.90 Å². The van der Waals surface area contributed by atoms with Gasteiger partial charge in [-0.15, -0.1) is 0 Å². The first kappa shape index (κ1) is 20.2. The predicted molar refractivity (Wildman–Crippen MR) is 111 cm³/mol. The number of nitrogens with one attached hydrogen (secondary N) is 1. The summed E-state index contributed by atoms with van der Waals surface area (Å²) in [5.74, 6) is 0.882. The first-order chi connectivity index (χ1) is 13.2. The molecule has 0 unspecified atom stereocenters. The normalized spacial score (nSPS) is 20.0. The zero-order valence-corrected chi connectivity index (χ0v) is 16.9. The number of piperidine rings is 1. The van der Waals surface area contributed by atoms with E-state index in [1.807, 2.05) is 4.90 Å². The van der Waals surface area contributed by atoms with E-state index in [0.717, 1.165) is 64.6 Å². The smallest absolute Gasteiger partial charge is 0.317 e. The summed E-state index contributed by atoms with van der Waals surface area (Å²) >= 11 is 0. The molecule has 3 rings (SSSR count). The SMILES string of the molecule is CC1CCN(CCCNC(=O)N2CCN(CCc3ccccc3)CC2)CC1. The summed E-state index contributed by atoms with van der Waals surface area (Å²) in [7, 11) is 0. The Labute approximate surface area is 164 Å². The lowest BCUT2D eigenvalue weighted by molar-refractivity contribution is 0.139. The lowest BCUT2D eigenvalue weighted by atomic mass is 9.99. The van der Waals surface area contributed by atoms with Crippen LogP contribution in [-0.4, -0.2) is 79.6 Å². The number of benzene rings is 1. The standard InChI is InChI=1S/C22H36N4O/c1-20-8-13-24(14-9-20)12-5-11-23-22(27)26-18-16-25(17-19-26)15-10-21-6-3-2-4-7-21/h2-4,6-7,20H,5,8-19H2,1H3,(H,23,27). The molecule has 150 valence electrons. The fourth-order valence-corrected chi connectivity index (χ4v) is 4.00. The van der Waals surface area contributed by atoms with Crippen molar-refractivity contribution in [3.63, 3.8) is 0 Å². The molecule has 0 bridgehead atoms. The first-order valence-corrected chi connectivity index (χ1v) is 10.7. The molecule has 2 fully saturated rings. The molecule has 0 aromatic heterocycles. The minimum absolute atomic E-state index is 0.116. The third-order valence-electron chi connectivity index (χ3n) is 6.02. The first-order valence-electron chi connectivity index (χ1n) is 10.7. The van der Waals surface area contributed by atoms with E-state index in [1.165, 1.54) is 31.5 Å². The third kappa shape index (κ3) is 6.82. The van der Waals surface area contributed by atoms with Crippen molar-refractivity contribution in [2.75, 3.05) is 58.9 Å². The van der Waals surface area contributed by atoms with Crippen LogP contribution in [0.2, 0.25) is 0 Å². The van der Waals surface area contributed by atoms with Crippen molar-refractivity contribution in [1.29, 1.82) is 0 Å². The summed E-state index contributed by atoms with van der Waals surface area (Å²) in [6, 6.07) is 10.8. The lowest BCUT2D eigenvalue weighted by Crippen LogP contribution is -2.52. The van der Waals surface area contributed by atoms with Crippen LogP contribution in [0.1, 0.15) is 31.7 Å². The molecule has 1 N–H and O–H groups in total. The Morgan fingerprint density at radius 3 is 2.33 bits per heavy atom. The van der Waals surface area contributed by atoms with Crippen LogP contribution in [0, 0.1) is 5.92 Å². The zero-order chi connectivity index (χ0) is 18.9. The van der Waals surface area contributed by atoms with E-state index in [4.69, 9.17) is 0 Å². The minimum atomic E-state index is 0.116. The van der Waals surface area contributed by atoms with Crippen molar-refractivity contribution in [3.8, 4) is 0 Å². The van der Waals surface area contributed by atoms with Crippen molar-refractivity contribution in [2.24, 2.45) is 5.92 Å². The van der Waals surface area contributed by atoms with Gasteiger partial charge in [0, 0.05) is 39.3 Å². The molecule has 5 nitrogen and oxygen atoms in total. The number of likely N-dealkylation sites (tertiary alicyclic amines) is 1. The van der Waals surface area contributed by atoms with Crippen molar-refractivity contribution in [2.45, 2.75) is 32.6 Å². The Morgan fingerprint density at radius 2 is 1.63 bits per heavy atom. The molecule has 2 aliphatic heterocycles. The van der Waals surface area contributed by atoms with Crippen molar-refractivity contribution in [3.05, 3.63) is 35.9 Å². The van der Waals surface area contributed by atoms with Gasteiger partial charge in [-0.05, 0) is 56.8 Å². The molecule has 2 aliphatic rings. The number of hydrogen-bond donors (Lipinski definition) is 1. The molecule has 0 spiro atoms. The zero-order valence-electron chi connectivity index (χ0n) is 16.9. The predicted octanol–water partition coefficient (Wildman–Crippen LogP) is 2.68. The van der Waals surface area contributed by atoms with E-state index in [0.29, 0.717) is 0 Å². The molecule has 5 heteroatoms. The summed E-state index contributed by atoms with van der Waals surface area (Å²) in [5.41, 5.74) is 1.39. The summed E-state index contributed by atoms with van der Waals surface area (Å²) in [5, 5.41) is 3.12. The largest absolute Gasteiger partial charge is 0.338 e. The Bertz CT molecular complexity index is 549. The molecule has 1 aromatic carbocycles. The fourth-order valence-electron chi connectivity index (χ4n) is 4.00. The van der Waals surface area contributed by atoms with Crippen molar-refractivity contribution < 1.29 is 4.79 Å². The van der Waals surface area contributed by atoms with E-state index in [1.54, 1.807) is 0 Å². The number of carbonyl (C=O) groups is 1. The number of nitrogens with zero attached hydrogens (tertiary/aromatic N) is 3. The summed E-state index contributed by atoms with van der Waals surface area (Å²) in [6.45, 7) is 11.4. The van der Waals surface area contributed by atoms with Crippen LogP contribution in [0.5, 0.6) is 0 Å². The molecule has 0 saturated carbocycles. The number of amides is 2. The minimum Gasteiger partial charge on any atom is -0.338 e. The molecular weight excluding hydrogens is 336 g/mol.